The van der Waals surface area contributed by atoms with Gasteiger partial charge in [-0.2, -0.15) is 0 Å². The molecule has 0 heterocycles. The molecule has 136 valence electrons. The third kappa shape index (κ3) is 7.27. The number of nitrogens with zero attached hydrogens (tertiary/aromatic N) is 3. The summed E-state index contributed by atoms with van der Waals surface area (Å²) in [5.41, 5.74) is 9.40. The van der Waals surface area contributed by atoms with Gasteiger partial charge < -0.3 is 9.47 Å². The molecule has 0 aliphatic carbocycles. The number of hydrogen-bond donors (Lipinski definition) is 0. The van der Waals surface area contributed by atoms with Crippen molar-refractivity contribution >= 4 is 11.9 Å². The molecule has 2 atom stereocenters. The van der Waals surface area contributed by atoms with Crippen molar-refractivity contribution < 1.29 is 19.1 Å². The maximum atomic E-state index is 12.1. The van der Waals surface area contributed by atoms with E-state index in [0.29, 0.717) is 12.0 Å². The predicted molar refractivity (Wildman–Crippen MR) is 93.6 cm³/mol. The standard InChI is InChI=1S/C18H25N3O4/c1-3-4-5-6-10-13-15(22)25-17(18(23)24-2)16(20-21-19)14-11-8-7-9-12-14/h7-9,11-12,16-17H,3-6,10,13H2,1-2H3/t16-,17-/m1/s1. The normalized spacial score (nSPS) is 12.6. The highest BCUT2D eigenvalue weighted by Crippen LogP contribution is 2.25. The topological polar surface area (TPSA) is 101 Å². The summed E-state index contributed by atoms with van der Waals surface area (Å²) in [5.74, 6) is -1.25. The van der Waals surface area contributed by atoms with Crippen LogP contribution in [-0.4, -0.2) is 25.2 Å². The van der Waals surface area contributed by atoms with E-state index in [1.54, 1.807) is 30.3 Å². The molecule has 1 rings (SSSR count). The van der Waals surface area contributed by atoms with Crippen LogP contribution in [0.5, 0.6) is 0 Å². The van der Waals surface area contributed by atoms with E-state index in [2.05, 4.69) is 16.9 Å². The molecule has 0 N–H and O–H groups in total. The molecule has 7 nitrogen and oxygen atoms in total. The highest BCUT2D eigenvalue weighted by atomic mass is 16.6. The number of hydrogen-bond acceptors (Lipinski definition) is 5. The van der Waals surface area contributed by atoms with E-state index in [0.717, 1.165) is 25.7 Å². The molecule has 0 aromatic heterocycles. The fourth-order valence-electron chi connectivity index (χ4n) is 2.44. The average Bonchev–Trinajstić information content (AvgIpc) is 2.64. The molecule has 0 radical (unpaired) electrons. The molecule has 1 aromatic carbocycles. The van der Waals surface area contributed by atoms with Crippen LogP contribution in [0.25, 0.3) is 10.4 Å². The Morgan fingerprint density at radius 2 is 1.84 bits per heavy atom. The Labute approximate surface area is 147 Å². The van der Waals surface area contributed by atoms with Gasteiger partial charge in [0.25, 0.3) is 0 Å². The van der Waals surface area contributed by atoms with E-state index in [-0.39, 0.29) is 6.42 Å². The second-order valence-electron chi connectivity index (χ2n) is 5.66. The van der Waals surface area contributed by atoms with Gasteiger partial charge in [-0.25, -0.2) is 4.79 Å². The molecular formula is C18H25N3O4. The summed E-state index contributed by atoms with van der Waals surface area (Å²) >= 11 is 0. The van der Waals surface area contributed by atoms with E-state index >= 15 is 0 Å². The van der Waals surface area contributed by atoms with E-state index in [1.165, 1.54) is 7.11 Å². The summed E-state index contributed by atoms with van der Waals surface area (Å²) in [4.78, 5) is 26.9. The molecular weight excluding hydrogens is 322 g/mol. The minimum atomic E-state index is -1.30. The van der Waals surface area contributed by atoms with Gasteiger partial charge in [0.15, 0.2) is 0 Å². The summed E-state index contributed by atoms with van der Waals surface area (Å²) in [6, 6.07) is 7.73. The number of azide groups is 1. The van der Waals surface area contributed by atoms with E-state index < -0.39 is 24.1 Å². The number of benzene rings is 1. The van der Waals surface area contributed by atoms with Crippen molar-refractivity contribution in [2.24, 2.45) is 5.11 Å². The van der Waals surface area contributed by atoms with Crippen LogP contribution in [-0.2, 0) is 19.1 Å². The summed E-state index contributed by atoms with van der Waals surface area (Å²) in [7, 11) is 1.20. The summed E-state index contributed by atoms with van der Waals surface area (Å²) in [5, 5.41) is 3.64. The van der Waals surface area contributed by atoms with E-state index in [9.17, 15) is 9.59 Å². The van der Waals surface area contributed by atoms with Crippen molar-refractivity contribution in [2.45, 2.75) is 57.6 Å². The van der Waals surface area contributed by atoms with Crippen molar-refractivity contribution in [2.75, 3.05) is 7.11 Å². The van der Waals surface area contributed by atoms with Gasteiger partial charge in [0, 0.05) is 11.3 Å². The van der Waals surface area contributed by atoms with Gasteiger partial charge in [-0.05, 0) is 17.5 Å². The van der Waals surface area contributed by atoms with Crippen LogP contribution in [0.15, 0.2) is 35.4 Å². The summed E-state index contributed by atoms with van der Waals surface area (Å²) in [6.07, 6.45) is 3.87. The summed E-state index contributed by atoms with van der Waals surface area (Å²) < 4.78 is 10.0. The smallest absolute Gasteiger partial charge is 0.347 e. The van der Waals surface area contributed by atoms with Crippen molar-refractivity contribution in [3.8, 4) is 0 Å². The fraction of sp³-hybridized carbons (Fsp3) is 0.556. The maximum Gasteiger partial charge on any atom is 0.347 e. The number of unbranched alkanes of at least 4 members (excludes halogenated alkanes) is 4. The lowest BCUT2D eigenvalue weighted by atomic mass is 10.0. The first-order chi connectivity index (χ1) is 12.1. The van der Waals surface area contributed by atoms with Crippen LogP contribution in [0, 0.1) is 0 Å². The molecule has 25 heavy (non-hydrogen) atoms. The third-order valence-electron chi connectivity index (χ3n) is 3.78. The minimum Gasteiger partial charge on any atom is -0.466 e. The first-order valence-electron chi connectivity index (χ1n) is 8.50. The van der Waals surface area contributed by atoms with Gasteiger partial charge in [-0.1, -0.05) is 68.1 Å². The quantitative estimate of drug-likeness (QED) is 0.193. The predicted octanol–water partition coefficient (Wildman–Crippen LogP) is 4.48. The zero-order valence-electron chi connectivity index (χ0n) is 14.8. The lowest BCUT2D eigenvalue weighted by molar-refractivity contribution is -0.167. The number of methoxy groups -OCH3 is 1. The molecule has 0 spiro atoms. The van der Waals surface area contributed by atoms with Crippen molar-refractivity contribution in [3.05, 3.63) is 46.3 Å². The molecule has 0 aliphatic heterocycles. The third-order valence-corrected chi connectivity index (χ3v) is 3.78. The van der Waals surface area contributed by atoms with Crippen LogP contribution in [0.1, 0.15) is 57.1 Å². The average molecular weight is 347 g/mol. The van der Waals surface area contributed by atoms with Gasteiger partial charge in [0.05, 0.1) is 7.11 Å². The largest absolute Gasteiger partial charge is 0.466 e. The highest BCUT2D eigenvalue weighted by Gasteiger charge is 2.33. The Morgan fingerprint density at radius 1 is 1.16 bits per heavy atom. The van der Waals surface area contributed by atoms with Crippen LogP contribution in [0.3, 0.4) is 0 Å². The van der Waals surface area contributed by atoms with Crippen molar-refractivity contribution in [3.63, 3.8) is 0 Å². The number of rotatable bonds is 11. The second-order valence-corrected chi connectivity index (χ2v) is 5.66. The molecule has 0 saturated carbocycles. The zero-order chi connectivity index (χ0) is 18.5. The number of ether oxygens (including phenoxy) is 2. The lowest BCUT2D eigenvalue weighted by Gasteiger charge is -2.22. The molecule has 0 amide bonds. The first kappa shape index (κ1) is 20.5. The van der Waals surface area contributed by atoms with Crippen LogP contribution < -0.4 is 0 Å². The molecule has 7 heteroatoms. The monoisotopic (exact) mass is 347 g/mol. The van der Waals surface area contributed by atoms with Crippen molar-refractivity contribution in [1.29, 1.82) is 0 Å². The zero-order valence-corrected chi connectivity index (χ0v) is 14.8. The molecule has 0 unspecified atom stereocenters. The van der Waals surface area contributed by atoms with Crippen LogP contribution in [0.4, 0.5) is 0 Å². The van der Waals surface area contributed by atoms with Crippen LogP contribution >= 0.6 is 0 Å². The van der Waals surface area contributed by atoms with Gasteiger partial charge in [0.1, 0.15) is 6.04 Å². The number of esters is 2. The van der Waals surface area contributed by atoms with Gasteiger partial charge >= 0.3 is 11.9 Å². The number of carbonyl (C=O) groups excluding carboxylic acids is 2. The Kier molecular flexibility index (Phi) is 9.78. The van der Waals surface area contributed by atoms with E-state index in [1.807, 2.05) is 0 Å². The van der Waals surface area contributed by atoms with Crippen LogP contribution in [0.2, 0.25) is 0 Å². The molecule has 0 bridgehead atoms. The van der Waals surface area contributed by atoms with Gasteiger partial charge in [-0.15, -0.1) is 0 Å². The highest BCUT2D eigenvalue weighted by molar-refractivity contribution is 5.80. The lowest BCUT2D eigenvalue weighted by Crippen LogP contribution is -2.33. The van der Waals surface area contributed by atoms with Gasteiger partial charge in [0.2, 0.25) is 6.10 Å². The number of carbonyl (C=O) groups is 2. The Morgan fingerprint density at radius 3 is 2.44 bits per heavy atom. The maximum absolute atomic E-state index is 12.1. The second kappa shape index (κ2) is 11.9. The molecule has 0 aliphatic rings. The molecule has 1 aromatic rings. The first-order valence-corrected chi connectivity index (χ1v) is 8.50. The minimum absolute atomic E-state index is 0.217. The van der Waals surface area contributed by atoms with Crippen molar-refractivity contribution in [1.82, 2.24) is 0 Å². The Bertz CT molecular complexity index is 585. The Balaban J connectivity index is 2.79. The Hall–Kier alpha value is -2.53. The van der Waals surface area contributed by atoms with Gasteiger partial charge in [-0.3, -0.25) is 4.79 Å². The van der Waals surface area contributed by atoms with E-state index in [4.69, 9.17) is 15.0 Å². The summed E-state index contributed by atoms with van der Waals surface area (Å²) in [6.45, 7) is 2.12. The SMILES string of the molecule is CCCCCCCC(=O)O[C@@H](C(=O)OC)[C@H](N=[N+]=[N-])c1ccccc1. The molecule has 0 fully saturated rings. The fourth-order valence-corrected chi connectivity index (χ4v) is 2.44. The molecule has 0 saturated heterocycles.